The van der Waals surface area contributed by atoms with Crippen LogP contribution in [0.15, 0.2) is 45.8 Å². The Hall–Kier alpha value is -0.903. The molecule has 21 heavy (non-hydrogen) atoms. The molecule has 3 heteroatoms. The van der Waals surface area contributed by atoms with Crippen molar-refractivity contribution in [3.63, 3.8) is 0 Å². The van der Waals surface area contributed by atoms with Gasteiger partial charge in [0.05, 0.1) is 0 Å². The Balaban J connectivity index is 2.14. The van der Waals surface area contributed by atoms with Crippen molar-refractivity contribution in [1.29, 1.82) is 0 Å². The third kappa shape index (κ3) is 3.65. The molecule has 116 valence electrons. The average Bonchev–Trinajstić information content (AvgIpc) is 3.11. The van der Waals surface area contributed by atoms with E-state index < -0.39 is 8.07 Å². The van der Waals surface area contributed by atoms with Crippen LogP contribution in [0.3, 0.4) is 0 Å². The summed E-state index contributed by atoms with van der Waals surface area (Å²) in [6.07, 6.45) is 15.3. The van der Waals surface area contributed by atoms with Crippen molar-refractivity contribution in [2.75, 3.05) is 13.2 Å². The van der Waals surface area contributed by atoms with Crippen LogP contribution < -0.4 is 0 Å². The van der Waals surface area contributed by atoms with Gasteiger partial charge in [0.2, 0.25) is 0 Å². The number of hydrogen-bond donors (Lipinski definition) is 2. The van der Waals surface area contributed by atoms with Crippen molar-refractivity contribution in [3.8, 4) is 0 Å². The quantitative estimate of drug-likeness (QED) is 0.669. The second-order valence-corrected chi connectivity index (χ2v) is 10.8. The van der Waals surface area contributed by atoms with E-state index in [0.717, 1.165) is 38.5 Å². The van der Waals surface area contributed by atoms with E-state index in [4.69, 9.17) is 10.2 Å². The molecular formula is C18H28O2Si. The van der Waals surface area contributed by atoms with E-state index in [1.807, 2.05) is 0 Å². The van der Waals surface area contributed by atoms with E-state index in [9.17, 15) is 0 Å². The van der Waals surface area contributed by atoms with Crippen molar-refractivity contribution >= 4 is 8.07 Å². The molecule has 0 amide bonds. The topological polar surface area (TPSA) is 40.5 Å². The van der Waals surface area contributed by atoms with Crippen LogP contribution in [0.1, 0.15) is 38.5 Å². The molecule has 0 aromatic heterocycles. The van der Waals surface area contributed by atoms with Crippen LogP contribution in [0.2, 0.25) is 13.1 Å². The Morgan fingerprint density at radius 2 is 1.24 bits per heavy atom. The fourth-order valence-electron chi connectivity index (χ4n) is 3.59. The molecule has 2 nitrogen and oxygen atoms in total. The maximum atomic E-state index is 9.09. The van der Waals surface area contributed by atoms with Gasteiger partial charge in [-0.05, 0) is 38.5 Å². The van der Waals surface area contributed by atoms with Gasteiger partial charge in [-0.1, -0.05) is 58.9 Å². The van der Waals surface area contributed by atoms with Crippen molar-refractivity contribution in [2.45, 2.75) is 51.6 Å². The van der Waals surface area contributed by atoms with E-state index in [-0.39, 0.29) is 13.2 Å². The Bertz CT molecular complexity index is 451. The molecular weight excluding hydrogens is 276 g/mol. The Labute approximate surface area is 129 Å². The van der Waals surface area contributed by atoms with Crippen molar-refractivity contribution in [2.24, 2.45) is 0 Å². The second kappa shape index (κ2) is 7.39. The molecule has 0 bridgehead atoms. The highest BCUT2D eigenvalue weighted by atomic mass is 28.3. The van der Waals surface area contributed by atoms with Crippen LogP contribution in [-0.2, 0) is 0 Å². The number of hydrogen-bond acceptors (Lipinski definition) is 2. The zero-order valence-corrected chi connectivity index (χ0v) is 14.4. The van der Waals surface area contributed by atoms with E-state index in [2.05, 4.69) is 37.4 Å². The lowest BCUT2D eigenvalue weighted by atomic mass is 10.1. The predicted octanol–water partition coefficient (Wildman–Crippen LogP) is 3.83. The zero-order chi connectivity index (χ0) is 15.3. The third-order valence-electron chi connectivity index (χ3n) is 4.62. The molecule has 0 radical (unpaired) electrons. The average molecular weight is 305 g/mol. The summed E-state index contributed by atoms with van der Waals surface area (Å²) in [5.74, 6) is 0. The molecule has 2 aliphatic carbocycles. The van der Waals surface area contributed by atoms with Crippen molar-refractivity contribution < 1.29 is 10.2 Å². The largest absolute Gasteiger partial charge is 0.396 e. The first-order chi connectivity index (χ1) is 10.1. The van der Waals surface area contributed by atoms with Crippen LogP contribution in [0, 0.1) is 0 Å². The molecule has 0 aliphatic heterocycles. The highest BCUT2D eigenvalue weighted by Gasteiger charge is 2.35. The number of allylic oxidation sites excluding steroid dienone is 8. The first-order valence-corrected chi connectivity index (χ1v) is 11.1. The minimum Gasteiger partial charge on any atom is -0.396 e. The molecule has 0 heterocycles. The Kier molecular flexibility index (Phi) is 5.79. The van der Waals surface area contributed by atoms with Gasteiger partial charge in [-0.3, -0.25) is 0 Å². The van der Waals surface area contributed by atoms with Crippen molar-refractivity contribution in [3.05, 3.63) is 45.8 Å². The Morgan fingerprint density at radius 1 is 0.810 bits per heavy atom. The summed E-state index contributed by atoms with van der Waals surface area (Å²) in [5, 5.41) is 21.3. The molecule has 0 aromatic carbocycles. The molecule has 0 saturated heterocycles. The van der Waals surface area contributed by atoms with Crippen LogP contribution >= 0.6 is 0 Å². The lowest BCUT2D eigenvalue weighted by molar-refractivity contribution is 0.288. The summed E-state index contributed by atoms with van der Waals surface area (Å²) in [5.41, 5.74) is 2.94. The smallest absolute Gasteiger partial charge is 0.112 e. The van der Waals surface area contributed by atoms with E-state index in [1.165, 1.54) is 11.1 Å². The maximum absolute atomic E-state index is 9.09. The monoisotopic (exact) mass is 304 g/mol. The molecule has 0 atom stereocenters. The molecule has 2 N–H and O–H groups in total. The molecule has 0 fully saturated rings. The summed E-state index contributed by atoms with van der Waals surface area (Å²) >= 11 is 0. The molecule has 0 saturated carbocycles. The van der Waals surface area contributed by atoms with Crippen LogP contribution in [0.4, 0.5) is 0 Å². The number of rotatable bonds is 8. The summed E-state index contributed by atoms with van der Waals surface area (Å²) in [4.78, 5) is 0. The molecule has 2 rings (SSSR count). The SMILES string of the molecule is C[Si](C)(C1=CCC=C1CCCO)C1=CCC=C1CCCO. The zero-order valence-electron chi connectivity index (χ0n) is 13.4. The summed E-state index contributed by atoms with van der Waals surface area (Å²) < 4.78 is 0. The molecule has 0 unspecified atom stereocenters. The summed E-state index contributed by atoms with van der Waals surface area (Å²) in [6.45, 7) is 5.44. The highest BCUT2D eigenvalue weighted by Crippen LogP contribution is 2.40. The third-order valence-corrected chi connectivity index (χ3v) is 8.36. The Morgan fingerprint density at radius 3 is 1.62 bits per heavy atom. The first kappa shape index (κ1) is 16.5. The van der Waals surface area contributed by atoms with Gasteiger partial charge in [0.25, 0.3) is 0 Å². The normalized spacial score (nSPS) is 18.5. The van der Waals surface area contributed by atoms with Gasteiger partial charge in [-0.25, -0.2) is 0 Å². The summed E-state index contributed by atoms with van der Waals surface area (Å²) in [7, 11) is -1.64. The summed E-state index contributed by atoms with van der Waals surface area (Å²) in [6, 6.07) is 0. The van der Waals surface area contributed by atoms with Crippen molar-refractivity contribution in [1.82, 2.24) is 0 Å². The van der Waals surface area contributed by atoms with Gasteiger partial charge in [0.1, 0.15) is 8.07 Å². The van der Waals surface area contributed by atoms with Crippen LogP contribution in [-0.4, -0.2) is 31.5 Å². The maximum Gasteiger partial charge on any atom is 0.112 e. The van der Waals surface area contributed by atoms with E-state index in [0.29, 0.717) is 0 Å². The van der Waals surface area contributed by atoms with E-state index >= 15 is 0 Å². The lowest BCUT2D eigenvalue weighted by Gasteiger charge is -2.30. The van der Waals surface area contributed by atoms with Gasteiger partial charge < -0.3 is 10.2 Å². The van der Waals surface area contributed by atoms with Gasteiger partial charge in [0, 0.05) is 13.2 Å². The highest BCUT2D eigenvalue weighted by molar-refractivity contribution is 6.92. The number of aliphatic hydroxyl groups is 2. The van der Waals surface area contributed by atoms with Gasteiger partial charge in [-0.2, -0.15) is 0 Å². The molecule has 0 spiro atoms. The van der Waals surface area contributed by atoms with E-state index in [1.54, 1.807) is 10.4 Å². The lowest BCUT2D eigenvalue weighted by Crippen LogP contribution is -2.33. The fourth-order valence-corrected chi connectivity index (χ4v) is 7.20. The molecule has 0 aromatic rings. The first-order valence-electron chi connectivity index (χ1n) is 8.13. The standard InChI is InChI=1S/C18H28O2Si/c1-21(2,17-11-3-7-15(17)9-5-13-19)18-12-4-8-16(18)10-6-14-20/h7-8,11-12,19-20H,3-6,9-10,13-14H2,1-2H3. The second-order valence-electron chi connectivity index (χ2n) is 6.45. The minimum atomic E-state index is -1.64. The molecule has 2 aliphatic rings. The number of aliphatic hydroxyl groups excluding tert-OH is 2. The minimum absolute atomic E-state index is 0.275. The van der Waals surface area contributed by atoms with Crippen LogP contribution in [0.25, 0.3) is 0 Å². The van der Waals surface area contributed by atoms with Gasteiger partial charge >= 0.3 is 0 Å². The predicted molar refractivity (Wildman–Crippen MR) is 91.7 cm³/mol. The van der Waals surface area contributed by atoms with Crippen LogP contribution in [0.5, 0.6) is 0 Å². The van der Waals surface area contributed by atoms with Gasteiger partial charge in [-0.15, -0.1) is 0 Å². The van der Waals surface area contributed by atoms with Gasteiger partial charge in [0.15, 0.2) is 0 Å². The fraction of sp³-hybridized carbons (Fsp3) is 0.556.